The molecule has 0 radical (unpaired) electrons. The predicted octanol–water partition coefficient (Wildman–Crippen LogP) is 2.36. The summed E-state index contributed by atoms with van der Waals surface area (Å²) in [5, 5.41) is 0. The summed E-state index contributed by atoms with van der Waals surface area (Å²) in [5.74, 6) is 2.38. The third-order valence-corrected chi connectivity index (χ3v) is 4.66. The zero-order valence-electron chi connectivity index (χ0n) is 10.7. The maximum Gasteiger partial charge on any atom is 0.145 e. The molecule has 19 heavy (non-hydrogen) atoms. The first-order chi connectivity index (χ1) is 8.78. The number of hydrogen-bond acceptors (Lipinski definition) is 3. The van der Waals surface area contributed by atoms with Gasteiger partial charge in [-0.2, -0.15) is 0 Å². The van der Waals surface area contributed by atoms with Crippen molar-refractivity contribution in [3.05, 3.63) is 24.3 Å². The molecule has 3 nitrogen and oxygen atoms in total. The molecule has 0 N–H and O–H groups in total. The highest BCUT2D eigenvalue weighted by atomic mass is 35.5. The van der Waals surface area contributed by atoms with Crippen LogP contribution in [0.15, 0.2) is 18.5 Å². The molecule has 4 aliphatic rings. The zero-order chi connectivity index (χ0) is 12.1. The van der Waals surface area contributed by atoms with E-state index in [2.05, 4.69) is 9.88 Å². The maximum atomic E-state index is 13.1. The van der Waals surface area contributed by atoms with Crippen LogP contribution in [-0.2, 0) is 0 Å². The highest BCUT2D eigenvalue weighted by molar-refractivity contribution is 5.85. The molecule has 3 saturated heterocycles. The van der Waals surface area contributed by atoms with Crippen molar-refractivity contribution < 1.29 is 9.13 Å². The third kappa shape index (κ3) is 2.32. The van der Waals surface area contributed by atoms with Crippen LogP contribution in [0.2, 0.25) is 0 Å². The van der Waals surface area contributed by atoms with Gasteiger partial charge in [0.25, 0.3) is 0 Å². The summed E-state index contributed by atoms with van der Waals surface area (Å²) in [6, 6.07) is 1.44. The topological polar surface area (TPSA) is 25.4 Å². The summed E-state index contributed by atoms with van der Waals surface area (Å²) in [6.07, 6.45) is 5.66. The summed E-state index contributed by atoms with van der Waals surface area (Å²) in [7, 11) is 0. The van der Waals surface area contributed by atoms with Crippen molar-refractivity contribution in [2.24, 2.45) is 17.8 Å². The number of piperidine rings is 3. The molecule has 4 bridgehead atoms. The molecule has 0 amide bonds. The Hall–Kier alpha value is -0.870. The maximum absolute atomic E-state index is 13.1. The molecule has 4 heterocycles. The van der Waals surface area contributed by atoms with Gasteiger partial charge in [-0.25, -0.2) is 4.39 Å². The Morgan fingerprint density at radius 2 is 1.89 bits per heavy atom. The first-order valence-corrected chi connectivity index (χ1v) is 6.77. The predicted molar refractivity (Wildman–Crippen MR) is 72.0 cm³/mol. The first kappa shape index (κ1) is 13.1. The van der Waals surface area contributed by atoms with E-state index in [1.807, 2.05) is 0 Å². The number of hydrogen-bond donors (Lipinski definition) is 0. The van der Waals surface area contributed by atoms with Crippen LogP contribution in [-0.4, -0.2) is 35.6 Å². The minimum Gasteiger partial charge on any atom is -0.488 e. The zero-order valence-corrected chi connectivity index (χ0v) is 11.5. The summed E-state index contributed by atoms with van der Waals surface area (Å²) in [4.78, 5) is 6.42. The number of aromatic nitrogens is 1. The number of ether oxygens (including phenoxy) is 1. The molecule has 0 spiro atoms. The monoisotopic (exact) mass is 284 g/mol. The average molecular weight is 285 g/mol. The second kappa shape index (κ2) is 4.91. The van der Waals surface area contributed by atoms with Gasteiger partial charge < -0.3 is 9.64 Å². The van der Waals surface area contributed by atoms with E-state index >= 15 is 0 Å². The minimum absolute atomic E-state index is 0. The second-order valence-electron chi connectivity index (χ2n) is 6.00. The molecule has 0 unspecified atom stereocenters. The van der Waals surface area contributed by atoms with Gasteiger partial charge in [-0.1, -0.05) is 0 Å². The fraction of sp³-hybridized carbons (Fsp3) is 0.643. The van der Waals surface area contributed by atoms with E-state index in [1.165, 1.54) is 31.6 Å². The highest BCUT2D eigenvalue weighted by Crippen LogP contribution is 2.44. The lowest BCUT2D eigenvalue weighted by Gasteiger charge is -2.55. The molecule has 5 heteroatoms. The average Bonchev–Trinajstić information content (AvgIpc) is 2.33. The summed E-state index contributed by atoms with van der Waals surface area (Å²) < 4.78 is 19.2. The van der Waals surface area contributed by atoms with Crippen LogP contribution in [0.25, 0.3) is 0 Å². The molecule has 5 rings (SSSR count). The third-order valence-electron chi connectivity index (χ3n) is 4.66. The Bertz CT molecular complexity index is 443. The van der Waals surface area contributed by atoms with E-state index < -0.39 is 0 Å². The Labute approximate surface area is 118 Å². The van der Waals surface area contributed by atoms with Gasteiger partial charge in [0.05, 0.1) is 12.4 Å². The van der Waals surface area contributed by atoms with Crippen molar-refractivity contribution in [1.82, 2.24) is 9.88 Å². The van der Waals surface area contributed by atoms with Crippen LogP contribution >= 0.6 is 12.4 Å². The number of pyridine rings is 1. The van der Waals surface area contributed by atoms with Crippen LogP contribution in [0.4, 0.5) is 4.39 Å². The smallest absolute Gasteiger partial charge is 0.145 e. The van der Waals surface area contributed by atoms with Gasteiger partial charge in [0.15, 0.2) is 0 Å². The lowest BCUT2D eigenvalue weighted by Crippen LogP contribution is -2.61. The van der Waals surface area contributed by atoms with Gasteiger partial charge in [0.1, 0.15) is 17.7 Å². The van der Waals surface area contributed by atoms with Gasteiger partial charge in [-0.05, 0) is 18.8 Å². The Morgan fingerprint density at radius 3 is 2.53 bits per heavy atom. The van der Waals surface area contributed by atoms with E-state index in [-0.39, 0.29) is 24.3 Å². The molecular formula is C14H18ClFN2O. The Morgan fingerprint density at radius 1 is 1.16 bits per heavy atom. The molecule has 1 aromatic rings. The minimum atomic E-state index is -0.319. The van der Waals surface area contributed by atoms with Crippen LogP contribution in [0, 0.1) is 23.6 Å². The van der Waals surface area contributed by atoms with Crippen LogP contribution < -0.4 is 4.74 Å². The van der Waals surface area contributed by atoms with Gasteiger partial charge in [0, 0.05) is 37.5 Å². The van der Waals surface area contributed by atoms with Crippen molar-refractivity contribution in [3.63, 3.8) is 0 Å². The van der Waals surface area contributed by atoms with Gasteiger partial charge >= 0.3 is 0 Å². The van der Waals surface area contributed by atoms with Crippen LogP contribution in [0.5, 0.6) is 5.75 Å². The van der Waals surface area contributed by atoms with Gasteiger partial charge in [-0.15, -0.1) is 12.4 Å². The van der Waals surface area contributed by atoms with Crippen molar-refractivity contribution in [2.75, 3.05) is 19.6 Å². The Balaban J connectivity index is 0.00000110. The Kier molecular flexibility index (Phi) is 3.39. The molecule has 3 aliphatic heterocycles. The highest BCUT2D eigenvalue weighted by Gasteiger charge is 2.48. The largest absolute Gasteiger partial charge is 0.488 e. The van der Waals surface area contributed by atoms with E-state index in [9.17, 15) is 4.39 Å². The van der Waals surface area contributed by atoms with E-state index in [1.54, 1.807) is 6.20 Å². The molecule has 2 atom stereocenters. The fourth-order valence-corrected chi connectivity index (χ4v) is 4.17. The SMILES string of the molecule is Cl.Fc1cncc(OC2[C@H]3CC4C[C@H]2CN(C4)C3)c1. The number of nitrogens with zero attached hydrogens (tertiary/aromatic N) is 2. The first-order valence-electron chi connectivity index (χ1n) is 6.77. The van der Waals surface area contributed by atoms with E-state index in [0.717, 1.165) is 19.0 Å². The van der Waals surface area contributed by atoms with E-state index in [4.69, 9.17) is 4.74 Å². The van der Waals surface area contributed by atoms with Crippen molar-refractivity contribution >= 4 is 12.4 Å². The summed E-state index contributed by atoms with van der Waals surface area (Å²) in [6.45, 7) is 3.59. The number of halogens is 2. The van der Waals surface area contributed by atoms with Gasteiger partial charge in [-0.3, -0.25) is 4.98 Å². The normalized spacial score (nSPS) is 38.9. The lowest BCUT2D eigenvalue weighted by molar-refractivity contribution is -0.0986. The summed E-state index contributed by atoms with van der Waals surface area (Å²) in [5.41, 5.74) is 0. The molecular weight excluding hydrogens is 267 g/mol. The molecule has 1 aliphatic carbocycles. The van der Waals surface area contributed by atoms with E-state index in [0.29, 0.717) is 17.6 Å². The number of rotatable bonds is 2. The molecule has 1 saturated carbocycles. The van der Waals surface area contributed by atoms with Crippen LogP contribution in [0.3, 0.4) is 0 Å². The summed E-state index contributed by atoms with van der Waals surface area (Å²) >= 11 is 0. The quantitative estimate of drug-likeness (QED) is 0.834. The van der Waals surface area contributed by atoms with Gasteiger partial charge in [0.2, 0.25) is 0 Å². The lowest BCUT2D eigenvalue weighted by atomic mass is 9.66. The van der Waals surface area contributed by atoms with Crippen LogP contribution in [0.1, 0.15) is 12.8 Å². The van der Waals surface area contributed by atoms with Crippen molar-refractivity contribution in [3.8, 4) is 5.75 Å². The molecule has 1 aromatic heterocycles. The molecule has 104 valence electrons. The van der Waals surface area contributed by atoms with Crippen molar-refractivity contribution in [2.45, 2.75) is 18.9 Å². The standard InChI is InChI=1S/C14H17FN2O.ClH/c15-12-3-13(5-16-4-12)18-14-10-1-9-2-11(14)8-17(6-9)7-10;/h3-5,9-11,14H,1-2,6-8H2;1H/t9?,10-,11-,14?;/m0./s1. The molecule has 0 aromatic carbocycles. The second-order valence-corrected chi connectivity index (χ2v) is 6.00. The van der Waals surface area contributed by atoms with Crippen molar-refractivity contribution in [1.29, 1.82) is 0 Å². The fourth-order valence-electron chi connectivity index (χ4n) is 4.17. The molecule has 4 fully saturated rings.